The lowest BCUT2D eigenvalue weighted by molar-refractivity contribution is 0.115. The van der Waals surface area contributed by atoms with Crippen LogP contribution < -0.4 is 11.1 Å². The maximum Gasteiger partial charge on any atom is 0.0818 e. The number of aliphatic hydroxyl groups is 1. The average molecular weight is 363 g/mol. The van der Waals surface area contributed by atoms with E-state index in [-0.39, 0.29) is 36.4 Å². The highest BCUT2D eigenvalue weighted by Crippen LogP contribution is 2.30. The first-order chi connectivity index (χ1) is 10.2. The summed E-state index contributed by atoms with van der Waals surface area (Å²) >= 11 is 0. The number of rotatable bonds is 7. The van der Waals surface area contributed by atoms with E-state index in [9.17, 15) is 5.11 Å². The molecule has 134 valence electrons. The van der Waals surface area contributed by atoms with Crippen molar-refractivity contribution in [1.82, 2.24) is 5.32 Å². The van der Waals surface area contributed by atoms with Crippen LogP contribution in [0.2, 0.25) is 0 Å². The molecule has 1 fully saturated rings. The van der Waals surface area contributed by atoms with Crippen molar-refractivity contribution in [2.45, 2.75) is 69.6 Å². The number of aliphatic hydroxyl groups excluding tert-OH is 1. The molecule has 1 aliphatic rings. The fourth-order valence-electron chi connectivity index (χ4n) is 3.38. The molecule has 1 aliphatic carbocycles. The van der Waals surface area contributed by atoms with Gasteiger partial charge in [0.1, 0.15) is 0 Å². The molecular formula is C18H32Cl2N2O. The normalized spacial score (nSPS) is 19.1. The zero-order valence-electron chi connectivity index (χ0n) is 14.0. The number of hydrogen-bond donors (Lipinski definition) is 3. The summed E-state index contributed by atoms with van der Waals surface area (Å²) in [5, 5.41) is 14.0. The molecule has 0 spiro atoms. The van der Waals surface area contributed by atoms with Crippen molar-refractivity contribution in [3.8, 4) is 0 Å². The smallest absolute Gasteiger partial charge is 0.0818 e. The van der Waals surface area contributed by atoms with Gasteiger partial charge >= 0.3 is 0 Å². The van der Waals surface area contributed by atoms with E-state index in [0.29, 0.717) is 6.54 Å². The Labute approximate surface area is 153 Å². The Morgan fingerprint density at radius 1 is 1.13 bits per heavy atom. The predicted octanol–water partition coefficient (Wildman–Crippen LogP) is 3.46. The first kappa shape index (κ1) is 22.7. The van der Waals surface area contributed by atoms with E-state index in [1.54, 1.807) is 0 Å². The van der Waals surface area contributed by atoms with Gasteiger partial charge in [-0.15, -0.1) is 24.8 Å². The zero-order valence-corrected chi connectivity index (χ0v) is 15.7. The van der Waals surface area contributed by atoms with Gasteiger partial charge in [-0.3, -0.25) is 0 Å². The summed E-state index contributed by atoms with van der Waals surface area (Å²) in [6.07, 6.45) is 7.76. The number of hydrogen-bond acceptors (Lipinski definition) is 3. The first-order valence-electron chi connectivity index (χ1n) is 8.38. The van der Waals surface area contributed by atoms with Crippen molar-refractivity contribution in [2.75, 3.05) is 6.54 Å². The Morgan fingerprint density at radius 2 is 1.74 bits per heavy atom. The SMILES string of the molecule is CCC1(NC[C@@H](O)[C@@H](N)Cc2ccccc2)CCCCC1.Cl.Cl. The standard InChI is InChI=1S/C18H30N2O.2ClH/c1-2-18(11-7-4-8-12-18)20-14-17(21)16(19)13-15-9-5-3-6-10-15;;/h3,5-6,9-10,16-17,20-21H,2,4,7-8,11-14,19H2,1H3;2*1H/t16-,17+;;/m0../s1. The van der Waals surface area contributed by atoms with Crippen molar-refractivity contribution < 1.29 is 5.11 Å². The second-order valence-electron chi connectivity index (χ2n) is 6.50. The molecule has 1 saturated carbocycles. The molecule has 0 radical (unpaired) electrons. The minimum absolute atomic E-state index is 0. The summed E-state index contributed by atoms with van der Waals surface area (Å²) in [4.78, 5) is 0. The maximum atomic E-state index is 10.3. The molecule has 0 unspecified atom stereocenters. The topological polar surface area (TPSA) is 58.3 Å². The lowest BCUT2D eigenvalue weighted by Crippen LogP contribution is -2.52. The summed E-state index contributed by atoms with van der Waals surface area (Å²) < 4.78 is 0. The molecule has 0 amide bonds. The second-order valence-corrected chi connectivity index (χ2v) is 6.50. The summed E-state index contributed by atoms with van der Waals surface area (Å²) in [6.45, 7) is 2.84. The Balaban J connectivity index is 0.00000242. The van der Waals surface area contributed by atoms with E-state index in [1.807, 2.05) is 18.2 Å². The van der Waals surface area contributed by atoms with E-state index in [4.69, 9.17) is 5.73 Å². The lowest BCUT2D eigenvalue weighted by Gasteiger charge is -2.38. The van der Waals surface area contributed by atoms with Crippen LogP contribution in [-0.2, 0) is 6.42 Å². The molecule has 0 heterocycles. The Kier molecular flexibility index (Phi) is 11.1. The molecule has 0 bridgehead atoms. The van der Waals surface area contributed by atoms with E-state index >= 15 is 0 Å². The molecule has 1 aromatic rings. The van der Waals surface area contributed by atoms with Gasteiger partial charge in [-0.05, 0) is 31.2 Å². The van der Waals surface area contributed by atoms with Crippen LogP contribution in [0.15, 0.2) is 30.3 Å². The van der Waals surface area contributed by atoms with Gasteiger partial charge in [-0.1, -0.05) is 56.5 Å². The molecule has 3 nitrogen and oxygen atoms in total. The molecule has 2 rings (SSSR count). The molecule has 0 aliphatic heterocycles. The van der Waals surface area contributed by atoms with Gasteiger partial charge in [0.15, 0.2) is 0 Å². The van der Waals surface area contributed by atoms with Crippen LogP contribution in [0.4, 0.5) is 0 Å². The third kappa shape index (κ3) is 6.98. The summed E-state index contributed by atoms with van der Waals surface area (Å²) in [6, 6.07) is 9.95. The number of halogens is 2. The van der Waals surface area contributed by atoms with E-state index in [2.05, 4.69) is 24.4 Å². The number of nitrogens with one attached hydrogen (secondary N) is 1. The highest BCUT2D eigenvalue weighted by molar-refractivity contribution is 5.85. The highest BCUT2D eigenvalue weighted by atomic mass is 35.5. The second kappa shape index (κ2) is 11.3. The molecule has 1 aromatic carbocycles. The monoisotopic (exact) mass is 362 g/mol. The van der Waals surface area contributed by atoms with Gasteiger partial charge < -0.3 is 16.2 Å². The van der Waals surface area contributed by atoms with Crippen LogP contribution >= 0.6 is 24.8 Å². The minimum Gasteiger partial charge on any atom is -0.390 e. The number of benzene rings is 1. The molecule has 0 aromatic heterocycles. The number of β-amino-alcohol motifs (C(OH)–C–C–N with tert-alkyl or cyclic N) is 1. The van der Waals surface area contributed by atoms with Crippen LogP contribution in [0.5, 0.6) is 0 Å². The van der Waals surface area contributed by atoms with Crippen LogP contribution in [0.25, 0.3) is 0 Å². The van der Waals surface area contributed by atoms with Crippen molar-refractivity contribution in [2.24, 2.45) is 5.73 Å². The largest absolute Gasteiger partial charge is 0.390 e. The summed E-state index contributed by atoms with van der Waals surface area (Å²) in [5.74, 6) is 0. The number of nitrogens with two attached hydrogens (primary N) is 1. The quantitative estimate of drug-likeness (QED) is 0.695. The zero-order chi connectivity index (χ0) is 15.1. The van der Waals surface area contributed by atoms with Crippen LogP contribution in [0.3, 0.4) is 0 Å². The van der Waals surface area contributed by atoms with Gasteiger partial charge in [0.25, 0.3) is 0 Å². The Bertz CT molecular complexity index is 411. The molecule has 4 N–H and O–H groups in total. The van der Waals surface area contributed by atoms with Crippen molar-refractivity contribution >= 4 is 24.8 Å². The van der Waals surface area contributed by atoms with Gasteiger partial charge in [-0.25, -0.2) is 0 Å². The molecule has 5 heteroatoms. The van der Waals surface area contributed by atoms with Gasteiger partial charge in [0, 0.05) is 18.1 Å². The fraction of sp³-hybridized carbons (Fsp3) is 0.667. The third-order valence-corrected chi connectivity index (χ3v) is 4.98. The van der Waals surface area contributed by atoms with E-state index < -0.39 is 6.10 Å². The summed E-state index contributed by atoms with van der Waals surface area (Å²) in [5.41, 5.74) is 7.57. The molecule has 2 atom stereocenters. The van der Waals surface area contributed by atoms with Crippen LogP contribution in [0.1, 0.15) is 51.0 Å². The van der Waals surface area contributed by atoms with Crippen molar-refractivity contribution in [3.63, 3.8) is 0 Å². The lowest BCUT2D eigenvalue weighted by atomic mass is 9.79. The Morgan fingerprint density at radius 3 is 2.30 bits per heavy atom. The first-order valence-corrected chi connectivity index (χ1v) is 8.38. The maximum absolute atomic E-state index is 10.3. The highest BCUT2D eigenvalue weighted by Gasteiger charge is 2.30. The molecular weight excluding hydrogens is 331 g/mol. The average Bonchev–Trinajstić information content (AvgIpc) is 2.54. The van der Waals surface area contributed by atoms with Gasteiger partial charge in [0.2, 0.25) is 0 Å². The van der Waals surface area contributed by atoms with Gasteiger partial charge in [0.05, 0.1) is 6.10 Å². The van der Waals surface area contributed by atoms with Crippen LogP contribution in [-0.4, -0.2) is 29.3 Å². The Hall–Kier alpha value is -0.320. The molecule has 23 heavy (non-hydrogen) atoms. The van der Waals surface area contributed by atoms with Crippen molar-refractivity contribution in [3.05, 3.63) is 35.9 Å². The van der Waals surface area contributed by atoms with Crippen molar-refractivity contribution in [1.29, 1.82) is 0 Å². The van der Waals surface area contributed by atoms with E-state index in [0.717, 1.165) is 12.8 Å². The van der Waals surface area contributed by atoms with Crippen LogP contribution in [0, 0.1) is 0 Å². The van der Waals surface area contributed by atoms with Gasteiger partial charge in [-0.2, -0.15) is 0 Å². The van der Waals surface area contributed by atoms with E-state index in [1.165, 1.54) is 37.7 Å². The predicted molar refractivity (Wildman–Crippen MR) is 103 cm³/mol. The summed E-state index contributed by atoms with van der Waals surface area (Å²) in [7, 11) is 0. The third-order valence-electron chi connectivity index (χ3n) is 4.98. The molecule has 0 saturated heterocycles. The minimum atomic E-state index is -0.490. The fourth-order valence-corrected chi connectivity index (χ4v) is 3.38.